The van der Waals surface area contributed by atoms with Crippen LogP contribution in [0, 0.1) is 0 Å². The number of ether oxygens (including phenoxy) is 1. The van der Waals surface area contributed by atoms with Gasteiger partial charge in [-0.3, -0.25) is 0 Å². The molecule has 2 atom stereocenters. The molecule has 2 unspecified atom stereocenters. The number of rotatable bonds is 5. The van der Waals surface area contributed by atoms with E-state index in [9.17, 15) is 15.3 Å². The van der Waals surface area contributed by atoms with Crippen molar-refractivity contribution < 1.29 is 25.2 Å². The summed E-state index contributed by atoms with van der Waals surface area (Å²) in [5.41, 5.74) is 0.181. The van der Waals surface area contributed by atoms with Crippen LogP contribution in [0.1, 0.15) is 18.1 Å². The predicted molar refractivity (Wildman–Crippen MR) is 57.3 cm³/mol. The van der Waals surface area contributed by atoms with Gasteiger partial charge in [-0.15, -0.1) is 0 Å². The quantitative estimate of drug-likeness (QED) is 0.577. The zero-order chi connectivity index (χ0) is 12.1. The Bertz CT molecular complexity index is 339. The molecule has 0 radical (unpaired) electrons. The number of aliphatic hydroxyl groups is 3. The molecule has 0 saturated heterocycles. The maximum absolute atomic E-state index is 9.74. The van der Waals surface area contributed by atoms with Crippen molar-refractivity contribution >= 4 is 0 Å². The van der Waals surface area contributed by atoms with Gasteiger partial charge < -0.3 is 25.2 Å². The van der Waals surface area contributed by atoms with Crippen molar-refractivity contribution in [3.8, 4) is 11.5 Å². The van der Waals surface area contributed by atoms with E-state index in [4.69, 9.17) is 9.84 Å². The molecule has 5 heteroatoms. The molecule has 90 valence electrons. The molecule has 4 N–H and O–H groups in total. The summed E-state index contributed by atoms with van der Waals surface area (Å²) < 4.78 is 4.88. The van der Waals surface area contributed by atoms with Crippen LogP contribution in [0.25, 0.3) is 0 Å². The molecule has 16 heavy (non-hydrogen) atoms. The number of phenols is 1. The molecule has 0 saturated carbocycles. The summed E-state index contributed by atoms with van der Waals surface area (Å²) in [4.78, 5) is 0. The van der Waals surface area contributed by atoms with Gasteiger partial charge in [0.25, 0.3) is 0 Å². The first kappa shape index (κ1) is 12.8. The van der Waals surface area contributed by atoms with E-state index in [0.29, 0.717) is 0 Å². The third kappa shape index (κ3) is 2.63. The van der Waals surface area contributed by atoms with Crippen molar-refractivity contribution in [3.05, 3.63) is 23.8 Å². The second-order valence-electron chi connectivity index (χ2n) is 3.42. The molecule has 0 spiro atoms. The Hall–Kier alpha value is -1.30. The molecule has 0 amide bonds. The van der Waals surface area contributed by atoms with Crippen LogP contribution in [0.4, 0.5) is 0 Å². The first-order chi connectivity index (χ1) is 7.61. The highest BCUT2D eigenvalue weighted by Crippen LogP contribution is 2.34. The summed E-state index contributed by atoms with van der Waals surface area (Å²) in [5.74, 6) is 0.0299. The zero-order valence-electron chi connectivity index (χ0n) is 9.00. The topological polar surface area (TPSA) is 90.2 Å². The fourth-order valence-electron chi connectivity index (χ4n) is 1.44. The van der Waals surface area contributed by atoms with Crippen LogP contribution < -0.4 is 4.74 Å². The van der Waals surface area contributed by atoms with Crippen LogP contribution in [0.15, 0.2) is 18.2 Å². The lowest BCUT2D eigenvalue weighted by Crippen LogP contribution is -2.19. The van der Waals surface area contributed by atoms with Gasteiger partial charge in [-0.2, -0.15) is 0 Å². The monoisotopic (exact) mass is 228 g/mol. The molecule has 0 aromatic heterocycles. The number of methoxy groups -OCH3 is 1. The molecular formula is C11H16O5. The molecule has 0 aliphatic rings. The molecule has 0 bridgehead atoms. The number of phenolic OH excluding ortho intramolecular Hbond substituents is 1. The summed E-state index contributed by atoms with van der Waals surface area (Å²) in [6.07, 6.45) is -2.33. The van der Waals surface area contributed by atoms with Crippen molar-refractivity contribution in [1.29, 1.82) is 0 Å². The smallest absolute Gasteiger partial charge is 0.163 e. The highest BCUT2D eigenvalue weighted by molar-refractivity contribution is 5.46. The van der Waals surface area contributed by atoms with Crippen LogP contribution in [0.3, 0.4) is 0 Å². The Labute approximate surface area is 93.5 Å². The Balaban J connectivity index is 2.94. The summed E-state index contributed by atoms with van der Waals surface area (Å²) in [6, 6.07) is 4.63. The van der Waals surface area contributed by atoms with Gasteiger partial charge in [0.1, 0.15) is 6.10 Å². The van der Waals surface area contributed by atoms with Crippen molar-refractivity contribution in [2.75, 3.05) is 13.7 Å². The normalized spacial score (nSPS) is 14.5. The van der Waals surface area contributed by atoms with E-state index in [2.05, 4.69) is 0 Å². The van der Waals surface area contributed by atoms with Gasteiger partial charge in [0.05, 0.1) is 13.2 Å². The highest BCUT2D eigenvalue weighted by Gasteiger charge is 2.22. The van der Waals surface area contributed by atoms with Crippen molar-refractivity contribution in [2.24, 2.45) is 0 Å². The third-order valence-electron chi connectivity index (χ3n) is 2.36. The highest BCUT2D eigenvalue weighted by atomic mass is 16.5. The lowest BCUT2D eigenvalue weighted by molar-refractivity contribution is 0.00290. The van der Waals surface area contributed by atoms with Crippen LogP contribution in [-0.2, 0) is 0 Å². The van der Waals surface area contributed by atoms with E-state index in [1.54, 1.807) is 12.1 Å². The van der Waals surface area contributed by atoms with Gasteiger partial charge in [0, 0.05) is 12.2 Å². The zero-order valence-corrected chi connectivity index (χ0v) is 9.00. The molecule has 5 nitrogen and oxygen atoms in total. The Morgan fingerprint density at radius 2 is 2.00 bits per heavy atom. The average molecular weight is 228 g/mol. The summed E-state index contributed by atoms with van der Waals surface area (Å²) in [7, 11) is 1.40. The molecule has 0 fully saturated rings. The van der Waals surface area contributed by atoms with E-state index in [0.717, 1.165) is 0 Å². The number of aliphatic hydroxyl groups excluding tert-OH is 3. The molecule has 0 aliphatic carbocycles. The lowest BCUT2D eigenvalue weighted by Gasteiger charge is -2.19. The van der Waals surface area contributed by atoms with E-state index >= 15 is 0 Å². The summed E-state index contributed by atoms with van der Waals surface area (Å²) >= 11 is 0. The van der Waals surface area contributed by atoms with Crippen LogP contribution in [0.5, 0.6) is 11.5 Å². The number of hydrogen-bond acceptors (Lipinski definition) is 5. The Kier molecular flexibility index (Phi) is 4.54. The lowest BCUT2D eigenvalue weighted by atomic mass is 10.0. The largest absolute Gasteiger partial charge is 0.504 e. The minimum Gasteiger partial charge on any atom is -0.504 e. The van der Waals surface area contributed by atoms with Gasteiger partial charge in [-0.1, -0.05) is 12.1 Å². The van der Waals surface area contributed by atoms with Gasteiger partial charge in [-0.05, 0) is 12.5 Å². The second-order valence-corrected chi connectivity index (χ2v) is 3.42. The van der Waals surface area contributed by atoms with Gasteiger partial charge in [0.15, 0.2) is 11.5 Å². The number of para-hydroxylation sites is 1. The SMILES string of the molecule is COc1cccc(C(O)C(O)CCO)c1O. The number of benzene rings is 1. The van der Waals surface area contributed by atoms with E-state index < -0.39 is 12.2 Å². The maximum atomic E-state index is 9.74. The fraction of sp³-hybridized carbons (Fsp3) is 0.455. The molecule has 0 aliphatic heterocycles. The molecule has 1 rings (SSSR count). The molecule has 1 aromatic carbocycles. The first-order valence-electron chi connectivity index (χ1n) is 4.94. The fourth-order valence-corrected chi connectivity index (χ4v) is 1.44. The number of aromatic hydroxyl groups is 1. The van der Waals surface area contributed by atoms with Gasteiger partial charge >= 0.3 is 0 Å². The minimum atomic E-state index is -1.25. The second kappa shape index (κ2) is 5.69. The van der Waals surface area contributed by atoms with Crippen LogP contribution >= 0.6 is 0 Å². The van der Waals surface area contributed by atoms with Crippen LogP contribution in [-0.4, -0.2) is 40.2 Å². The van der Waals surface area contributed by atoms with Crippen molar-refractivity contribution in [2.45, 2.75) is 18.6 Å². The van der Waals surface area contributed by atoms with Crippen molar-refractivity contribution in [3.63, 3.8) is 0 Å². The predicted octanol–water partition coefficient (Wildman–Crippen LogP) is 0.177. The van der Waals surface area contributed by atoms with Gasteiger partial charge in [0.2, 0.25) is 0 Å². The molecular weight excluding hydrogens is 212 g/mol. The average Bonchev–Trinajstić information content (AvgIpc) is 2.29. The standard InChI is InChI=1S/C11H16O5/c1-16-9-4-2-3-7(11(9)15)10(14)8(13)5-6-12/h2-4,8,10,12-15H,5-6H2,1H3. The summed E-state index contributed by atoms with van der Waals surface area (Å²) in [6.45, 7) is -0.233. The van der Waals surface area contributed by atoms with E-state index in [1.165, 1.54) is 13.2 Å². The Morgan fingerprint density at radius 3 is 2.56 bits per heavy atom. The van der Waals surface area contributed by atoms with Crippen LogP contribution in [0.2, 0.25) is 0 Å². The number of hydrogen-bond donors (Lipinski definition) is 4. The maximum Gasteiger partial charge on any atom is 0.163 e. The molecule has 1 aromatic rings. The minimum absolute atomic E-state index is 0.0395. The Morgan fingerprint density at radius 1 is 1.31 bits per heavy atom. The van der Waals surface area contributed by atoms with Crippen molar-refractivity contribution in [1.82, 2.24) is 0 Å². The summed E-state index contributed by atoms with van der Waals surface area (Å²) in [5, 5.41) is 37.6. The van der Waals surface area contributed by atoms with E-state index in [-0.39, 0.29) is 30.1 Å². The third-order valence-corrected chi connectivity index (χ3v) is 2.36. The van der Waals surface area contributed by atoms with E-state index in [1.807, 2.05) is 0 Å². The first-order valence-corrected chi connectivity index (χ1v) is 4.94. The molecule has 0 heterocycles. The van der Waals surface area contributed by atoms with Gasteiger partial charge in [-0.25, -0.2) is 0 Å².